The van der Waals surface area contributed by atoms with E-state index in [9.17, 15) is 4.79 Å². The van der Waals surface area contributed by atoms with Crippen molar-refractivity contribution in [3.05, 3.63) is 29.8 Å². The van der Waals surface area contributed by atoms with E-state index in [4.69, 9.17) is 0 Å². The molecule has 1 rings (SSSR count). The average molecular weight is 184 g/mol. The van der Waals surface area contributed by atoms with Crippen LogP contribution in [0.5, 0.6) is 0 Å². The Morgan fingerprint density at radius 3 is 2.55 bits per heavy atom. The summed E-state index contributed by atoms with van der Waals surface area (Å²) in [6.07, 6.45) is 0. The molecule has 0 spiro atoms. The molecule has 0 aliphatic heterocycles. The molecule has 1 aromatic carbocycles. The van der Waals surface area contributed by atoms with Gasteiger partial charge in [-0.1, -0.05) is 26.6 Å². The van der Waals surface area contributed by atoms with Crippen LogP contribution < -0.4 is 0 Å². The Morgan fingerprint density at radius 2 is 2.09 bits per heavy atom. The Balaban J connectivity index is 3.12. The van der Waals surface area contributed by atoms with Gasteiger partial charge in [0.15, 0.2) is 5.78 Å². The Morgan fingerprint density at radius 1 is 1.45 bits per heavy atom. The van der Waals surface area contributed by atoms with Gasteiger partial charge in [-0.2, -0.15) is 0 Å². The van der Waals surface area contributed by atoms with Gasteiger partial charge in [0.1, 0.15) is 0 Å². The first-order valence-electron chi connectivity index (χ1n) is 3.22. The van der Waals surface area contributed by atoms with Gasteiger partial charge in [0.2, 0.25) is 0 Å². The average Bonchev–Trinajstić information content (AvgIpc) is 2.04. The van der Waals surface area contributed by atoms with Crippen molar-refractivity contribution in [1.82, 2.24) is 0 Å². The van der Waals surface area contributed by atoms with Crippen molar-refractivity contribution in [3.63, 3.8) is 0 Å². The topological polar surface area (TPSA) is 17.1 Å². The second-order valence-electron chi connectivity index (χ2n) is 2.17. The molecule has 0 fully saturated rings. The smallest absolute Gasteiger partial charge is 0.160 e. The molecular formula is C8H9OPS. The van der Waals surface area contributed by atoms with Crippen molar-refractivity contribution in [2.24, 2.45) is 0 Å². The first kappa shape index (κ1) is 8.76. The summed E-state index contributed by atoms with van der Waals surface area (Å²) in [5.74, 6) is 0.121. The molecule has 11 heavy (non-hydrogen) atoms. The number of carbonyl (C=O) groups is 1. The number of rotatable bonds is 2. The van der Waals surface area contributed by atoms with Gasteiger partial charge in [0, 0.05) is 10.5 Å². The SMILES string of the molecule is CC(=O)c1ccccc1SP. The van der Waals surface area contributed by atoms with Crippen LogP contribution >= 0.6 is 19.8 Å². The fraction of sp³-hybridized carbons (Fsp3) is 0.125. The second-order valence-corrected chi connectivity index (χ2v) is 3.55. The molecule has 1 unspecified atom stereocenters. The van der Waals surface area contributed by atoms with Gasteiger partial charge >= 0.3 is 0 Å². The van der Waals surface area contributed by atoms with Gasteiger partial charge in [0.05, 0.1) is 0 Å². The third kappa shape index (κ3) is 2.05. The normalized spacial score (nSPS) is 9.64. The minimum atomic E-state index is 0.121. The van der Waals surface area contributed by atoms with Gasteiger partial charge in [0.25, 0.3) is 0 Å². The molecule has 0 saturated heterocycles. The van der Waals surface area contributed by atoms with Gasteiger partial charge < -0.3 is 0 Å². The summed E-state index contributed by atoms with van der Waals surface area (Å²) in [4.78, 5) is 12.0. The van der Waals surface area contributed by atoms with E-state index in [0.717, 1.165) is 10.5 Å². The van der Waals surface area contributed by atoms with Crippen LogP contribution in [0.3, 0.4) is 0 Å². The Bertz CT molecular complexity index is 273. The maximum absolute atomic E-state index is 11.0. The zero-order chi connectivity index (χ0) is 8.27. The van der Waals surface area contributed by atoms with E-state index in [1.54, 1.807) is 6.92 Å². The summed E-state index contributed by atoms with van der Waals surface area (Å²) < 4.78 is 0. The Kier molecular flexibility index (Phi) is 3.10. The second kappa shape index (κ2) is 3.89. The van der Waals surface area contributed by atoms with Crippen LogP contribution in [-0.4, -0.2) is 5.78 Å². The molecule has 0 bridgehead atoms. The van der Waals surface area contributed by atoms with E-state index >= 15 is 0 Å². The van der Waals surface area contributed by atoms with Crippen LogP contribution in [0.15, 0.2) is 29.2 Å². The molecule has 0 N–H and O–H groups in total. The van der Waals surface area contributed by atoms with Crippen molar-refractivity contribution >= 4 is 25.6 Å². The van der Waals surface area contributed by atoms with Crippen molar-refractivity contribution in [2.75, 3.05) is 0 Å². The highest BCUT2D eigenvalue weighted by Gasteiger charge is 2.03. The predicted molar refractivity (Wildman–Crippen MR) is 52.0 cm³/mol. The van der Waals surface area contributed by atoms with E-state index in [0.29, 0.717) is 0 Å². The number of hydrogen-bond donors (Lipinski definition) is 0. The van der Waals surface area contributed by atoms with E-state index in [2.05, 4.69) is 8.44 Å². The molecule has 1 atom stereocenters. The molecule has 0 aliphatic carbocycles. The molecule has 0 aromatic heterocycles. The summed E-state index contributed by atoms with van der Waals surface area (Å²) >= 11 is 1.52. The van der Waals surface area contributed by atoms with Gasteiger partial charge in [-0.25, -0.2) is 0 Å². The van der Waals surface area contributed by atoms with E-state index in [-0.39, 0.29) is 5.78 Å². The number of carbonyl (C=O) groups excluding carboxylic acids is 1. The minimum Gasteiger partial charge on any atom is -0.294 e. The largest absolute Gasteiger partial charge is 0.294 e. The maximum atomic E-state index is 11.0. The summed E-state index contributed by atoms with van der Waals surface area (Å²) in [5.41, 5.74) is 0.799. The van der Waals surface area contributed by atoms with E-state index in [1.165, 1.54) is 11.4 Å². The monoisotopic (exact) mass is 184 g/mol. The third-order valence-corrected chi connectivity index (χ3v) is 2.77. The predicted octanol–water partition coefficient (Wildman–Crippen LogP) is 2.77. The lowest BCUT2D eigenvalue weighted by atomic mass is 10.1. The quantitative estimate of drug-likeness (QED) is 0.519. The molecule has 0 saturated carbocycles. The van der Waals surface area contributed by atoms with Crippen LogP contribution in [0.25, 0.3) is 0 Å². The zero-order valence-corrected chi connectivity index (χ0v) is 8.17. The lowest BCUT2D eigenvalue weighted by Gasteiger charge is -2.00. The highest BCUT2D eigenvalue weighted by atomic mass is 32.7. The number of ketones is 1. The van der Waals surface area contributed by atoms with Crippen LogP contribution in [0.1, 0.15) is 17.3 Å². The van der Waals surface area contributed by atoms with Gasteiger partial charge in [-0.3, -0.25) is 4.79 Å². The summed E-state index contributed by atoms with van der Waals surface area (Å²) in [6.45, 7) is 1.58. The van der Waals surface area contributed by atoms with Crippen molar-refractivity contribution in [1.29, 1.82) is 0 Å². The summed E-state index contributed by atoms with van der Waals surface area (Å²) in [6, 6.07) is 7.59. The molecule has 0 aliphatic rings. The number of hydrogen-bond acceptors (Lipinski definition) is 2. The fourth-order valence-corrected chi connectivity index (χ4v) is 1.97. The molecule has 0 heterocycles. The van der Waals surface area contributed by atoms with E-state index < -0.39 is 0 Å². The first-order valence-corrected chi connectivity index (χ1v) is 5.52. The third-order valence-electron chi connectivity index (χ3n) is 1.39. The van der Waals surface area contributed by atoms with Gasteiger partial charge in [-0.05, 0) is 13.0 Å². The lowest BCUT2D eigenvalue weighted by molar-refractivity contribution is 0.101. The maximum Gasteiger partial charge on any atom is 0.160 e. The highest BCUT2D eigenvalue weighted by Crippen LogP contribution is 2.27. The number of Topliss-reactive ketones (excluding diaryl/α,β-unsaturated/α-hetero) is 1. The first-order chi connectivity index (χ1) is 5.25. The molecule has 1 aromatic rings. The zero-order valence-electron chi connectivity index (χ0n) is 6.20. The Labute approximate surface area is 72.5 Å². The highest BCUT2D eigenvalue weighted by molar-refractivity contribution is 8.43. The summed E-state index contributed by atoms with van der Waals surface area (Å²) in [5, 5.41) is 0. The molecule has 0 radical (unpaired) electrons. The number of benzene rings is 1. The van der Waals surface area contributed by atoms with Crippen LogP contribution in [0.2, 0.25) is 0 Å². The minimum absolute atomic E-state index is 0.121. The summed E-state index contributed by atoms with van der Waals surface area (Å²) in [7, 11) is 2.54. The molecule has 3 heteroatoms. The molecule has 1 nitrogen and oxygen atoms in total. The van der Waals surface area contributed by atoms with E-state index in [1.807, 2.05) is 24.3 Å². The molecule has 58 valence electrons. The van der Waals surface area contributed by atoms with Crippen molar-refractivity contribution in [2.45, 2.75) is 11.8 Å². The standard InChI is InChI=1S/C8H9OPS/c1-6(9)7-4-2-3-5-8(7)11-10/h2-5H,10H2,1H3. The fourth-order valence-electron chi connectivity index (χ4n) is 0.860. The van der Waals surface area contributed by atoms with Crippen LogP contribution in [0, 0.1) is 0 Å². The molecular weight excluding hydrogens is 175 g/mol. The van der Waals surface area contributed by atoms with Crippen molar-refractivity contribution < 1.29 is 4.79 Å². The van der Waals surface area contributed by atoms with Crippen molar-refractivity contribution in [3.8, 4) is 0 Å². The lowest BCUT2D eigenvalue weighted by Crippen LogP contribution is -1.92. The Hall–Kier alpha value is -0.330. The van der Waals surface area contributed by atoms with Gasteiger partial charge in [-0.15, -0.1) is 11.4 Å². The van der Waals surface area contributed by atoms with Crippen LogP contribution in [-0.2, 0) is 0 Å². The molecule has 0 amide bonds. The van der Waals surface area contributed by atoms with Crippen LogP contribution in [0.4, 0.5) is 0 Å².